The van der Waals surface area contributed by atoms with Crippen LogP contribution in [-0.2, 0) is 6.54 Å². The van der Waals surface area contributed by atoms with E-state index in [-0.39, 0.29) is 29.9 Å². The van der Waals surface area contributed by atoms with Crippen LogP contribution in [0.2, 0.25) is 0 Å². The molecule has 1 saturated heterocycles. The summed E-state index contributed by atoms with van der Waals surface area (Å²) < 4.78 is 0. The van der Waals surface area contributed by atoms with E-state index in [0.717, 1.165) is 31.9 Å². The average Bonchev–Trinajstić information content (AvgIpc) is 2.78. The van der Waals surface area contributed by atoms with Crippen LogP contribution in [0.3, 0.4) is 0 Å². The number of guanidine groups is 1. The number of amides is 1. The lowest BCUT2D eigenvalue weighted by Crippen LogP contribution is -2.52. The largest absolute Gasteiger partial charge is 0.355 e. The molecule has 1 amide bonds. The molecule has 1 aliphatic heterocycles. The van der Waals surface area contributed by atoms with E-state index in [0.29, 0.717) is 30.7 Å². The van der Waals surface area contributed by atoms with Crippen LogP contribution in [0.15, 0.2) is 65.7 Å². The van der Waals surface area contributed by atoms with E-state index in [1.165, 1.54) is 5.56 Å². The lowest BCUT2D eigenvalue weighted by Gasteiger charge is -2.38. The molecule has 0 bridgehead atoms. The smallest absolute Gasteiger partial charge is 0.251 e. The summed E-state index contributed by atoms with van der Waals surface area (Å²) in [6.07, 6.45) is 2.17. The molecule has 3 N–H and O–H groups in total. The summed E-state index contributed by atoms with van der Waals surface area (Å²) >= 11 is 0. The number of nitrogens with zero attached hydrogens (tertiary/aromatic N) is 2. The number of aliphatic imine (C=N–C) groups is 1. The van der Waals surface area contributed by atoms with Gasteiger partial charge in [0.1, 0.15) is 0 Å². The molecule has 0 spiro atoms. The van der Waals surface area contributed by atoms with Crippen LogP contribution < -0.4 is 16.0 Å². The monoisotopic (exact) mass is 535 g/mol. The third-order valence-electron chi connectivity index (χ3n) is 5.55. The van der Waals surface area contributed by atoms with Crippen LogP contribution >= 0.6 is 24.0 Å². The van der Waals surface area contributed by atoms with Crippen LogP contribution in [0, 0.1) is 0 Å². The van der Waals surface area contributed by atoms with Crippen LogP contribution in [0.25, 0.3) is 0 Å². The zero-order valence-corrected chi connectivity index (χ0v) is 20.7. The molecule has 7 heteroatoms. The van der Waals surface area contributed by atoms with Crippen molar-refractivity contribution in [3.05, 3.63) is 71.8 Å². The van der Waals surface area contributed by atoms with Crippen molar-refractivity contribution in [1.82, 2.24) is 20.9 Å². The molecule has 0 aromatic heterocycles. The Morgan fingerprint density at radius 2 is 1.68 bits per heavy atom. The lowest BCUT2D eigenvalue weighted by molar-refractivity contribution is 0.0954. The SMILES string of the molecule is CN=C(NCCNC(=O)c1ccccc1)NC1CCN(Cc2ccccc2)C(C)C1.I. The van der Waals surface area contributed by atoms with Crippen molar-refractivity contribution in [2.75, 3.05) is 26.7 Å². The third-order valence-corrected chi connectivity index (χ3v) is 5.55. The van der Waals surface area contributed by atoms with Crippen molar-refractivity contribution < 1.29 is 4.79 Å². The first-order chi connectivity index (χ1) is 14.7. The molecule has 3 rings (SSSR count). The number of nitrogens with one attached hydrogen (secondary N) is 3. The third kappa shape index (κ3) is 8.14. The van der Waals surface area contributed by atoms with Gasteiger partial charge in [0.2, 0.25) is 0 Å². The van der Waals surface area contributed by atoms with Gasteiger partial charge in [0.15, 0.2) is 5.96 Å². The minimum Gasteiger partial charge on any atom is -0.355 e. The summed E-state index contributed by atoms with van der Waals surface area (Å²) in [6, 6.07) is 20.8. The van der Waals surface area contributed by atoms with Crippen molar-refractivity contribution in [1.29, 1.82) is 0 Å². The summed E-state index contributed by atoms with van der Waals surface area (Å²) in [6.45, 7) is 5.54. The summed E-state index contributed by atoms with van der Waals surface area (Å²) in [4.78, 5) is 19.0. The van der Waals surface area contributed by atoms with Crippen molar-refractivity contribution >= 4 is 35.8 Å². The number of likely N-dealkylation sites (tertiary alicyclic amines) is 1. The van der Waals surface area contributed by atoms with Gasteiger partial charge in [-0.05, 0) is 37.5 Å². The van der Waals surface area contributed by atoms with Gasteiger partial charge < -0.3 is 16.0 Å². The molecule has 2 atom stereocenters. The Bertz CT molecular complexity index is 815. The zero-order chi connectivity index (χ0) is 21.2. The Hall–Kier alpha value is -2.13. The van der Waals surface area contributed by atoms with Gasteiger partial charge in [-0.2, -0.15) is 0 Å². The zero-order valence-electron chi connectivity index (χ0n) is 18.4. The quantitative estimate of drug-likeness (QED) is 0.221. The Balaban J connectivity index is 0.00000341. The molecule has 0 radical (unpaired) electrons. The maximum Gasteiger partial charge on any atom is 0.251 e. The first kappa shape index (κ1) is 25.1. The predicted octanol–water partition coefficient (Wildman–Crippen LogP) is 3.25. The van der Waals surface area contributed by atoms with Gasteiger partial charge in [0, 0.05) is 50.9 Å². The molecule has 2 aromatic carbocycles. The second-order valence-corrected chi connectivity index (χ2v) is 7.79. The molecule has 1 aliphatic rings. The minimum absolute atomic E-state index is 0. The van der Waals surface area contributed by atoms with Gasteiger partial charge in [-0.1, -0.05) is 48.5 Å². The van der Waals surface area contributed by atoms with Gasteiger partial charge in [-0.15, -0.1) is 24.0 Å². The first-order valence-corrected chi connectivity index (χ1v) is 10.7. The molecule has 0 saturated carbocycles. The standard InChI is InChI=1S/C24H33N5O.HI/c1-19-17-22(13-16-29(19)18-20-9-5-3-6-10-20)28-24(25-2)27-15-14-26-23(30)21-11-7-4-8-12-21;/h3-12,19,22H,13-18H2,1-2H3,(H,26,30)(H2,25,27,28);1H. The molecule has 2 unspecified atom stereocenters. The van der Waals surface area contributed by atoms with Crippen molar-refractivity contribution in [3.8, 4) is 0 Å². The number of hydrogen-bond acceptors (Lipinski definition) is 3. The molecule has 168 valence electrons. The van der Waals surface area contributed by atoms with E-state index in [4.69, 9.17) is 0 Å². The van der Waals surface area contributed by atoms with E-state index in [1.807, 2.05) is 30.3 Å². The molecular weight excluding hydrogens is 501 g/mol. The van der Waals surface area contributed by atoms with Crippen molar-refractivity contribution in [2.45, 2.75) is 38.4 Å². The fraction of sp³-hybridized carbons (Fsp3) is 0.417. The summed E-state index contributed by atoms with van der Waals surface area (Å²) in [5.41, 5.74) is 2.04. The van der Waals surface area contributed by atoms with Crippen molar-refractivity contribution in [2.24, 2.45) is 4.99 Å². The van der Waals surface area contributed by atoms with Gasteiger partial charge in [0.25, 0.3) is 5.91 Å². The lowest BCUT2D eigenvalue weighted by atomic mass is 9.97. The highest BCUT2D eigenvalue weighted by Gasteiger charge is 2.25. The van der Waals surface area contributed by atoms with Crippen LogP contribution in [0.1, 0.15) is 35.7 Å². The van der Waals surface area contributed by atoms with E-state index >= 15 is 0 Å². The van der Waals surface area contributed by atoms with E-state index in [1.54, 1.807) is 7.05 Å². The average molecular weight is 535 g/mol. The Labute approximate surface area is 202 Å². The topological polar surface area (TPSA) is 68.8 Å². The Kier molecular flexibility index (Phi) is 10.8. The normalized spacial score (nSPS) is 19.2. The summed E-state index contributed by atoms with van der Waals surface area (Å²) in [7, 11) is 1.78. The summed E-state index contributed by atoms with van der Waals surface area (Å²) in [5.74, 6) is 0.734. The van der Waals surface area contributed by atoms with Gasteiger partial charge in [0.05, 0.1) is 0 Å². The maximum absolute atomic E-state index is 12.1. The van der Waals surface area contributed by atoms with E-state index in [2.05, 4.69) is 63.1 Å². The molecule has 1 heterocycles. The van der Waals surface area contributed by atoms with Crippen molar-refractivity contribution in [3.63, 3.8) is 0 Å². The van der Waals surface area contributed by atoms with Gasteiger partial charge >= 0.3 is 0 Å². The number of hydrogen-bond donors (Lipinski definition) is 3. The number of halogens is 1. The maximum atomic E-state index is 12.1. The number of piperidine rings is 1. The second kappa shape index (κ2) is 13.3. The second-order valence-electron chi connectivity index (χ2n) is 7.79. The highest BCUT2D eigenvalue weighted by atomic mass is 127. The fourth-order valence-corrected chi connectivity index (χ4v) is 3.84. The molecule has 0 aliphatic carbocycles. The highest BCUT2D eigenvalue weighted by Crippen LogP contribution is 2.19. The van der Waals surface area contributed by atoms with Crippen LogP contribution in [-0.4, -0.2) is 55.5 Å². The van der Waals surface area contributed by atoms with E-state index < -0.39 is 0 Å². The Morgan fingerprint density at radius 3 is 2.32 bits per heavy atom. The highest BCUT2D eigenvalue weighted by molar-refractivity contribution is 14.0. The number of carbonyl (C=O) groups is 1. The first-order valence-electron chi connectivity index (χ1n) is 10.7. The van der Waals surface area contributed by atoms with Crippen LogP contribution in [0.4, 0.5) is 0 Å². The molecular formula is C24H34IN5O. The summed E-state index contributed by atoms with van der Waals surface area (Å²) in [5, 5.41) is 9.77. The van der Waals surface area contributed by atoms with Gasteiger partial charge in [-0.3, -0.25) is 14.7 Å². The molecule has 2 aromatic rings. The Morgan fingerprint density at radius 1 is 1.03 bits per heavy atom. The minimum atomic E-state index is -0.0556. The number of carbonyl (C=O) groups excluding carboxylic acids is 1. The number of rotatable bonds is 7. The molecule has 6 nitrogen and oxygen atoms in total. The molecule has 1 fully saturated rings. The fourth-order valence-electron chi connectivity index (χ4n) is 3.84. The predicted molar refractivity (Wildman–Crippen MR) is 138 cm³/mol. The number of benzene rings is 2. The van der Waals surface area contributed by atoms with E-state index in [9.17, 15) is 4.79 Å². The van der Waals surface area contributed by atoms with Crippen LogP contribution in [0.5, 0.6) is 0 Å². The van der Waals surface area contributed by atoms with Gasteiger partial charge in [-0.25, -0.2) is 0 Å². The molecule has 31 heavy (non-hydrogen) atoms.